The zero-order valence-electron chi connectivity index (χ0n) is 8.11. The van der Waals surface area contributed by atoms with Crippen molar-refractivity contribution in [1.29, 1.82) is 0 Å². The predicted molar refractivity (Wildman–Crippen MR) is 49.7 cm³/mol. The van der Waals surface area contributed by atoms with Crippen LogP contribution in [0, 0.1) is 6.92 Å². The number of nitrogens with zero attached hydrogens (tertiary/aromatic N) is 1. The molecule has 1 unspecified atom stereocenters. The van der Waals surface area contributed by atoms with Crippen LogP contribution in [0.15, 0.2) is 10.6 Å². The summed E-state index contributed by atoms with van der Waals surface area (Å²) in [6.07, 6.45) is -0.666. The normalized spacial score (nSPS) is 12.5. The number of anilines is 1. The second-order valence-electron chi connectivity index (χ2n) is 2.78. The molecule has 1 aromatic heterocycles. The first-order valence-electron chi connectivity index (χ1n) is 4.14. The molecule has 0 aliphatic heterocycles. The lowest BCUT2D eigenvalue weighted by Gasteiger charge is -2.10. The van der Waals surface area contributed by atoms with Gasteiger partial charge in [-0.25, -0.2) is 0 Å². The third-order valence-electron chi connectivity index (χ3n) is 1.67. The smallest absolute Gasteiger partial charge is 0.257 e. The molecule has 1 aromatic rings. The lowest BCUT2D eigenvalue weighted by atomic mass is 10.3. The van der Waals surface area contributed by atoms with Gasteiger partial charge in [0.25, 0.3) is 5.91 Å². The van der Waals surface area contributed by atoms with Crippen molar-refractivity contribution in [3.8, 4) is 0 Å². The Kier molecular flexibility index (Phi) is 3.61. The summed E-state index contributed by atoms with van der Waals surface area (Å²) in [7, 11) is 1.42. The van der Waals surface area contributed by atoms with Crippen LogP contribution < -0.4 is 11.1 Å². The van der Waals surface area contributed by atoms with E-state index >= 15 is 0 Å². The van der Waals surface area contributed by atoms with E-state index in [1.807, 2.05) is 0 Å². The van der Waals surface area contributed by atoms with Crippen LogP contribution in [0.1, 0.15) is 5.69 Å². The van der Waals surface area contributed by atoms with Crippen molar-refractivity contribution in [2.24, 2.45) is 5.73 Å². The topological polar surface area (TPSA) is 90.4 Å². The summed E-state index contributed by atoms with van der Waals surface area (Å²) in [5.74, 6) is -0.0471. The molecule has 6 heteroatoms. The second-order valence-corrected chi connectivity index (χ2v) is 2.78. The van der Waals surface area contributed by atoms with Crippen molar-refractivity contribution in [2.45, 2.75) is 13.0 Å². The van der Waals surface area contributed by atoms with Gasteiger partial charge in [0, 0.05) is 19.7 Å². The summed E-state index contributed by atoms with van der Waals surface area (Å²) in [6.45, 7) is 1.88. The highest BCUT2D eigenvalue weighted by Gasteiger charge is 2.17. The average Bonchev–Trinajstić information content (AvgIpc) is 2.53. The number of nitrogens with two attached hydrogens (primary N) is 1. The highest BCUT2D eigenvalue weighted by molar-refractivity contribution is 5.93. The van der Waals surface area contributed by atoms with E-state index in [-0.39, 0.29) is 12.5 Å². The number of hydrogen-bond acceptors (Lipinski definition) is 5. The van der Waals surface area contributed by atoms with Crippen LogP contribution in [0.25, 0.3) is 0 Å². The van der Waals surface area contributed by atoms with Crippen molar-refractivity contribution in [1.82, 2.24) is 5.16 Å². The van der Waals surface area contributed by atoms with E-state index in [2.05, 4.69) is 10.5 Å². The van der Waals surface area contributed by atoms with Crippen molar-refractivity contribution < 1.29 is 14.1 Å². The fourth-order valence-corrected chi connectivity index (χ4v) is 0.935. The number of rotatable bonds is 4. The van der Waals surface area contributed by atoms with Crippen LogP contribution in [0.3, 0.4) is 0 Å². The minimum Gasteiger partial charge on any atom is -0.370 e. The summed E-state index contributed by atoms with van der Waals surface area (Å²) in [4.78, 5) is 11.4. The van der Waals surface area contributed by atoms with Gasteiger partial charge in [-0.3, -0.25) is 10.1 Å². The predicted octanol–water partition coefficient (Wildman–Crippen LogP) is -0.105. The Morgan fingerprint density at radius 2 is 2.57 bits per heavy atom. The van der Waals surface area contributed by atoms with Crippen LogP contribution in [0.4, 0.5) is 5.88 Å². The number of nitrogens with one attached hydrogen (secondary N) is 1. The number of aryl methyl sites for hydroxylation is 1. The minimum absolute atomic E-state index is 0.120. The molecule has 1 rings (SSSR count). The molecule has 3 N–H and O–H groups in total. The summed E-state index contributed by atoms with van der Waals surface area (Å²) in [5, 5.41) is 6.11. The third kappa shape index (κ3) is 2.54. The van der Waals surface area contributed by atoms with Crippen LogP contribution in [0.5, 0.6) is 0 Å². The molecule has 78 valence electrons. The maximum atomic E-state index is 11.4. The van der Waals surface area contributed by atoms with Gasteiger partial charge in [-0.2, -0.15) is 0 Å². The van der Waals surface area contributed by atoms with Crippen LogP contribution in [0.2, 0.25) is 0 Å². The fraction of sp³-hybridized carbons (Fsp3) is 0.500. The number of carbonyl (C=O) groups is 1. The fourth-order valence-electron chi connectivity index (χ4n) is 0.935. The Morgan fingerprint density at radius 3 is 3.00 bits per heavy atom. The van der Waals surface area contributed by atoms with Gasteiger partial charge in [0.05, 0.1) is 5.69 Å². The van der Waals surface area contributed by atoms with E-state index in [9.17, 15) is 4.79 Å². The quantitative estimate of drug-likeness (QED) is 0.706. The molecule has 0 aliphatic carbocycles. The van der Waals surface area contributed by atoms with Gasteiger partial charge in [0.2, 0.25) is 5.88 Å². The van der Waals surface area contributed by atoms with E-state index in [0.717, 1.165) is 0 Å². The molecule has 0 bridgehead atoms. The van der Waals surface area contributed by atoms with Gasteiger partial charge in [0.1, 0.15) is 6.10 Å². The lowest BCUT2D eigenvalue weighted by molar-refractivity contribution is -0.125. The van der Waals surface area contributed by atoms with Crippen molar-refractivity contribution in [3.63, 3.8) is 0 Å². The standard InChI is InChI=1S/C8H13N3O3/c1-5-3-7(14-11-5)10-8(12)6(4-9)13-2/h3,6H,4,9H2,1-2H3,(H,10,12). The lowest BCUT2D eigenvalue weighted by Crippen LogP contribution is -2.35. The minimum atomic E-state index is -0.666. The monoisotopic (exact) mass is 199 g/mol. The molecule has 0 radical (unpaired) electrons. The van der Waals surface area contributed by atoms with E-state index in [1.165, 1.54) is 7.11 Å². The maximum Gasteiger partial charge on any atom is 0.257 e. The van der Waals surface area contributed by atoms with Gasteiger partial charge in [0.15, 0.2) is 0 Å². The van der Waals surface area contributed by atoms with E-state index in [4.69, 9.17) is 15.0 Å². The SMILES string of the molecule is COC(CN)C(=O)Nc1cc(C)no1. The molecule has 1 heterocycles. The second kappa shape index (κ2) is 4.73. The average molecular weight is 199 g/mol. The largest absolute Gasteiger partial charge is 0.370 e. The molecule has 1 atom stereocenters. The van der Waals surface area contributed by atoms with Crippen molar-refractivity contribution >= 4 is 11.8 Å². The van der Waals surface area contributed by atoms with E-state index in [0.29, 0.717) is 11.6 Å². The first kappa shape index (κ1) is 10.7. The van der Waals surface area contributed by atoms with Crippen LogP contribution in [-0.4, -0.2) is 30.8 Å². The number of methoxy groups -OCH3 is 1. The molecular formula is C8H13N3O3. The van der Waals surface area contributed by atoms with Gasteiger partial charge in [-0.15, -0.1) is 0 Å². The number of hydrogen-bond donors (Lipinski definition) is 2. The van der Waals surface area contributed by atoms with Gasteiger partial charge < -0.3 is 15.0 Å². The number of amides is 1. The molecule has 14 heavy (non-hydrogen) atoms. The summed E-state index contributed by atoms with van der Waals surface area (Å²) < 4.78 is 9.64. The molecule has 0 fully saturated rings. The molecule has 6 nitrogen and oxygen atoms in total. The highest BCUT2D eigenvalue weighted by atomic mass is 16.5. The first-order valence-corrected chi connectivity index (χ1v) is 4.14. The number of ether oxygens (including phenoxy) is 1. The van der Waals surface area contributed by atoms with Crippen LogP contribution in [-0.2, 0) is 9.53 Å². The Labute approximate surface area is 81.4 Å². The third-order valence-corrected chi connectivity index (χ3v) is 1.67. The Hall–Kier alpha value is -1.40. The molecule has 0 aromatic carbocycles. The maximum absolute atomic E-state index is 11.4. The zero-order valence-corrected chi connectivity index (χ0v) is 8.11. The molecule has 1 amide bonds. The van der Waals surface area contributed by atoms with Crippen molar-refractivity contribution in [2.75, 3.05) is 19.0 Å². The molecule has 0 saturated heterocycles. The van der Waals surface area contributed by atoms with Crippen molar-refractivity contribution in [3.05, 3.63) is 11.8 Å². The summed E-state index contributed by atoms with van der Waals surface area (Å²) >= 11 is 0. The molecule has 0 saturated carbocycles. The van der Waals surface area contributed by atoms with Crippen LogP contribution >= 0.6 is 0 Å². The molecule has 0 spiro atoms. The number of aromatic nitrogens is 1. The molecular weight excluding hydrogens is 186 g/mol. The number of carbonyl (C=O) groups excluding carboxylic acids is 1. The first-order chi connectivity index (χ1) is 6.67. The van der Waals surface area contributed by atoms with Gasteiger partial charge >= 0.3 is 0 Å². The van der Waals surface area contributed by atoms with Gasteiger partial charge in [-0.1, -0.05) is 5.16 Å². The zero-order chi connectivity index (χ0) is 10.6. The van der Waals surface area contributed by atoms with E-state index < -0.39 is 6.10 Å². The summed E-state index contributed by atoms with van der Waals surface area (Å²) in [6, 6.07) is 1.61. The summed E-state index contributed by atoms with van der Waals surface area (Å²) in [5.41, 5.74) is 6.01. The highest BCUT2D eigenvalue weighted by Crippen LogP contribution is 2.08. The molecule has 0 aliphatic rings. The Balaban J connectivity index is 2.56. The van der Waals surface area contributed by atoms with E-state index in [1.54, 1.807) is 13.0 Å². The van der Waals surface area contributed by atoms with Gasteiger partial charge in [-0.05, 0) is 6.92 Å². The Bertz CT molecular complexity index is 307. The Morgan fingerprint density at radius 1 is 1.86 bits per heavy atom.